The maximum Gasteiger partial charge on any atom is 0.393 e. The van der Waals surface area contributed by atoms with Crippen molar-refractivity contribution >= 4 is 45.2 Å². The third-order valence-electron chi connectivity index (χ3n) is 7.11. The van der Waals surface area contributed by atoms with Gasteiger partial charge in [-0.25, -0.2) is 0 Å². The Hall–Kier alpha value is -3.21. The number of nitrogens with zero attached hydrogens (tertiary/aromatic N) is 2. The molecule has 0 aliphatic carbocycles. The monoisotopic (exact) mass is 632 g/mol. The van der Waals surface area contributed by atoms with E-state index in [2.05, 4.69) is 27.4 Å². The molecule has 43 heavy (non-hydrogen) atoms. The zero-order valence-electron chi connectivity index (χ0n) is 24.4. The minimum atomic E-state index is -4.39. The first kappa shape index (κ1) is 32.7. The summed E-state index contributed by atoms with van der Waals surface area (Å²) in [6, 6.07) is 12.5. The average molecular weight is 633 g/mol. The van der Waals surface area contributed by atoms with Crippen molar-refractivity contribution in [2.45, 2.75) is 44.5 Å². The number of piperidine rings is 1. The van der Waals surface area contributed by atoms with E-state index in [9.17, 15) is 22.8 Å². The number of halogens is 3. The molecule has 4 rings (SSSR count). The molecule has 1 fully saturated rings. The molecule has 0 amide bonds. The van der Waals surface area contributed by atoms with Crippen molar-refractivity contribution in [2.75, 3.05) is 56.7 Å². The number of aliphatic hydroxyl groups excluding tert-OH is 1. The Kier molecular flexibility index (Phi) is 10.7. The molecule has 1 aromatic heterocycles. The number of thiophene rings is 1. The third-order valence-corrected chi connectivity index (χ3v) is 9.83. The zero-order valence-corrected chi connectivity index (χ0v) is 26.1. The summed E-state index contributed by atoms with van der Waals surface area (Å²) >= 11 is 1.25. The van der Waals surface area contributed by atoms with Crippen molar-refractivity contribution in [3.63, 3.8) is 0 Å². The summed E-state index contributed by atoms with van der Waals surface area (Å²) in [5, 5.41) is 26.4. The summed E-state index contributed by atoms with van der Waals surface area (Å²) in [7, 11) is -2.56. The second-order valence-corrected chi connectivity index (χ2v) is 15.3. The number of β-amino-alcohol motifs (C(OH)–C–C–N with tert-alkyl or cyclic N) is 1. The number of benzene rings is 2. The first-order valence-electron chi connectivity index (χ1n) is 14.0. The van der Waals surface area contributed by atoms with Crippen LogP contribution in [0.25, 0.3) is 10.1 Å². The molecule has 1 atom stereocenters. The van der Waals surface area contributed by atoms with Crippen LogP contribution in [0.3, 0.4) is 0 Å². The van der Waals surface area contributed by atoms with Gasteiger partial charge in [0.1, 0.15) is 19.0 Å². The minimum absolute atomic E-state index is 0.119. The van der Waals surface area contributed by atoms with Gasteiger partial charge in [-0.2, -0.15) is 18.4 Å². The van der Waals surface area contributed by atoms with E-state index >= 15 is 0 Å². The SMILES string of the molecule is CC(O)CN1CCC(Nc2cccc3c(CC(F)(F)F)c(C#CCNc4ccc(P(C)(C)=O)cc4OCC#N)sc23)CC1. The second-order valence-electron chi connectivity index (χ2n) is 11.1. The molecular weight excluding hydrogens is 596 g/mol. The highest BCUT2D eigenvalue weighted by Gasteiger charge is 2.31. The normalized spacial score (nSPS) is 15.4. The summed E-state index contributed by atoms with van der Waals surface area (Å²) in [5.74, 6) is 6.26. The molecule has 1 aliphatic rings. The quantitative estimate of drug-likeness (QED) is 0.190. The largest absolute Gasteiger partial charge is 0.477 e. The van der Waals surface area contributed by atoms with Crippen molar-refractivity contribution in [3.8, 4) is 23.7 Å². The lowest BCUT2D eigenvalue weighted by Gasteiger charge is -2.33. The van der Waals surface area contributed by atoms with Gasteiger partial charge >= 0.3 is 6.18 Å². The van der Waals surface area contributed by atoms with E-state index in [0.29, 0.717) is 33.5 Å². The number of nitrogens with one attached hydrogen (secondary N) is 2. The van der Waals surface area contributed by atoms with E-state index in [0.717, 1.165) is 36.3 Å². The summed E-state index contributed by atoms with van der Waals surface area (Å²) in [4.78, 5) is 2.58. The molecule has 2 aromatic carbocycles. The molecule has 1 aliphatic heterocycles. The fourth-order valence-electron chi connectivity index (χ4n) is 5.10. The van der Waals surface area contributed by atoms with Crippen LogP contribution in [0, 0.1) is 23.2 Å². The lowest BCUT2D eigenvalue weighted by Crippen LogP contribution is -2.41. The van der Waals surface area contributed by atoms with Gasteiger partial charge in [0.05, 0.1) is 40.0 Å². The van der Waals surface area contributed by atoms with Crippen LogP contribution in [0.4, 0.5) is 24.5 Å². The number of likely N-dealkylation sites (tertiary alicyclic amines) is 1. The Morgan fingerprint density at radius 1 is 1.21 bits per heavy atom. The van der Waals surface area contributed by atoms with Crippen LogP contribution in [0.15, 0.2) is 36.4 Å². The maximum absolute atomic E-state index is 13.6. The average Bonchev–Trinajstić information content (AvgIpc) is 3.27. The molecule has 230 valence electrons. The molecule has 0 spiro atoms. The standard InChI is InChI=1S/C31H36F3N4O3PS/c1-21(39)20-38-15-11-22(12-16-38)37-27-7-4-6-24-25(19-31(32,33)34)29(43-30(24)27)8-5-14-36-26-10-9-23(42(2,3)40)18-28(26)41-17-13-35/h4,6-7,9-10,18,21-22,36-37,39H,11-12,14-17,19-20H2,1-3H3. The van der Waals surface area contributed by atoms with E-state index in [1.54, 1.807) is 50.6 Å². The van der Waals surface area contributed by atoms with Crippen LogP contribution in [0.5, 0.6) is 5.75 Å². The number of rotatable bonds is 10. The number of hydrogen-bond donors (Lipinski definition) is 3. The van der Waals surface area contributed by atoms with Crippen molar-refractivity contribution in [2.24, 2.45) is 0 Å². The number of anilines is 2. The Balaban J connectivity index is 1.55. The minimum Gasteiger partial charge on any atom is -0.477 e. The van der Waals surface area contributed by atoms with Gasteiger partial charge in [0, 0.05) is 31.0 Å². The molecule has 12 heteroatoms. The molecule has 0 saturated carbocycles. The highest BCUT2D eigenvalue weighted by molar-refractivity contribution is 7.70. The lowest BCUT2D eigenvalue weighted by molar-refractivity contribution is -0.126. The van der Waals surface area contributed by atoms with Crippen LogP contribution in [0.2, 0.25) is 0 Å². The summed E-state index contributed by atoms with van der Waals surface area (Å²) in [6.07, 6.45) is -4.11. The molecule has 7 nitrogen and oxygen atoms in total. The first-order valence-corrected chi connectivity index (χ1v) is 17.5. The lowest BCUT2D eigenvalue weighted by atomic mass is 10.0. The molecular formula is C31H36F3N4O3PS. The number of hydrogen-bond acceptors (Lipinski definition) is 8. The van der Waals surface area contributed by atoms with E-state index < -0.39 is 19.7 Å². The Morgan fingerprint density at radius 2 is 1.95 bits per heavy atom. The van der Waals surface area contributed by atoms with Gasteiger partial charge in [-0.05, 0) is 68.3 Å². The predicted molar refractivity (Wildman–Crippen MR) is 168 cm³/mol. The van der Waals surface area contributed by atoms with Crippen molar-refractivity contribution in [1.29, 1.82) is 5.26 Å². The van der Waals surface area contributed by atoms with Gasteiger partial charge in [0.2, 0.25) is 0 Å². The molecule has 3 aromatic rings. The molecule has 1 unspecified atom stereocenters. The Labute approximate surface area is 254 Å². The van der Waals surface area contributed by atoms with Crippen LogP contribution in [-0.2, 0) is 11.0 Å². The molecule has 0 radical (unpaired) electrons. The molecule has 0 bridgehead atoms. The van der Waals surface area contributed by atoms with Crippen LogP contribution < -0.4 is 20.7 Å². The summed E-state index contributed by atoms with van der Waals surface area (Å²) < 4.78 is 59.7. The van der Waals surface area contributed by atoms with Gasteiger partial charge in [-0.3, -0.25) is 0 Å². The smallest absolute Gasteiger partial charge is 0.393 e. The van der Waals surface area contributed by atoms with E-state index in [1.165, 1.54) is 11.3 Å². The van der Waals surface area contributed by atoms with Gasteiger partial charge in [-0.15, -0.1) is 11.3 Å². The highest BCUT2D eigenvalue weighted by atomic mass is 32.1. The fraction of sp³-hybridized carbons (Fsp3) is 0.452. The number of aliphatic hydroxyl groups is 1. The second kappa shape index (κ2) is 14.1. The number of ether oxygens (including phenoxy) is 1. The van der Waals surface area contributed by atoms with Gasteiger partial charge in [0.15, 0.2) is 6.61 Å². The Bertz CT molecular complexity index is 1580. The highest BCUT2D eigenvalue weighted by Crippen LogP contribution is 2.40. The van der Waals surface area contributed by atoms with Crippen LogP contribution in [-0.4, -0.2) is 74.4 Å². The number of alkyl halides is 3. The number of fused-ring (bicyclic) bond motifs is 1. The van der Waals surface area contributed by atoms with Crippen molar-refractivity contribution < 1.29 is 27.6 Å². The number of nitriles is 1. The van der Waals surface area contributed by atoms with Gasteiger partial charge in [-0.1, -0.05) is 24.0 Å². The van der Waals surface area contributed by atoms with Crippen LogP contribution in [0.1, 0.15) is 30.2 Å². The molecule has 1 saturated heterocycles. The van der Waals surface area contributed by atoms with Gasteiger partial charge in [0.25, 0.3) is 0 Å². The van der Waals surface area contributed by atoms with E-state index in [1.807, 2.05) is 12.1 Å². The first-order chi connectivity index (χ1) is 20.3. The fourth-order valence-corrected chi connectivity index (χ4v) is 7.13. The van der Waals surface area contributed by atoms with Crippen molar-refractivity contribution in [3.05, 3.63) is 46.8 Å². The topological polar surface area (TPSA) is 97.6 Å². The maximum atomic E-state index is 13.6. The molecule has 2 heterocycles. The van der Waals surface area contributed by atoms with Gasteiger partial charge < -0.3 is 29.9 Å². The molecule has 3 N–H and O–H groups in total. The Morgan fingerprint density at radius 3 is 2.60 bits per heavy atom. The summed E-state index contributed by atoms with van der Waals surface area (Å²) in [5.41, 5.74) is 1.51. The third kappa shape index (κ3) is 9.14. The zero-order chi connectivity index (χ0) is 31.2. The summed E-state index contributed by atoms with van der Waals surface area (Å²) in [6.45, 7) is 7.29. The van der Waals surface area contributed by atoms with Crippen molar-refractivity contribution in [1.82, 2.24) is 4.90 Å². The van der Waals surface area contributed by atoms with E-state index in [-0.39, 0.29) is 30.9 Å². The predicted octanol–water partition coefficient (Wildman–Crippen LogP) is 5.88. The van der Waals surface area contributed by atoms with Crippen LogP contribution >= 0.6 is 18.5 Å². The van der Waals surface area contributed by atoms with E-state index in [4.69, 9.17) is 10.00 Å².